The summed E-state index contributed by atoms with van der Waals surface area (Å²) in [7, 11) is 0. The molecule has 0 radical (unpaired) electrons. The molecule has 1 aliphatic rings. The second kappa shape index (κ2) is 6.39. The fraction of sp³-hybridized carbons (Fsp3) is 0.467. The van der Waals surface area contributed by atoms with Crippen LogP contribution in [-0.2, 0) is 4.79 Å². The van der Waals surface area contributed by atoms with Crippen LogP contribution >= 0.6 is 15.9 Å². The van der Waals surface area contributed by atoms with Crippen LogP contribution in [0, 0.1) is 6.92 Å². The predicted octanol–water partition coefficient (Wildman–Crippen LogP) is 2.45. The van der Waals surface area contributed by atoms with Gasteiger partial charge in [-0.25, -0.2) is 0 Å². The minimum absolute atomic E-state index is 0.0472. The van der Waals surface area contributed by atoms with Crippen molar-refractivity contribution >= 4 is 27.7 Å². The van der Waals surface area contributed by atoms with Crippen LogP contribution in [0.3, 0.4) is 0 Å². The molecule has 0 aliphatic carbocycles. The van der Waals surface area contributed by atoms with Gasteiger partial charge in [-0.15, -0.1) is 0 Å². The molecule has 20 heavy (non-hydrogen) atoms. The lowest BCUT2D eigenvalue weighted by Gasteiger charge is -2.21. The average Bonchev–Trinajstić information content (AvgIpc) is 2.67. The number of nitrogens with zero attached hydrogens (tertiary/aromatic N) is 2. The summed E-state index contributed by atoms with van der Waals surface area (Å²) < 4.78 is 1.01. The van der Waals surface area contributed by atoms with E-state index in [1.807, 2.05) is 30.0 Å². The van der Waals surface area contributed by atoms with E-state index in [0.29, 0.717) is 25.2 Å². The van der Waals surface area contributed by atoms with E-state index in [9.17, 15) is 9.59 Å². The van der Waals surface area contributed by atoms with Crippen molar-refractivity contribution in [2.45, 2.75) is 20.3 Å². The Kier molecular flexibility index (Phi) is 4.81. The number of carbonyl (C=O) groups is 2. The highest BCUT2D eigenvalue weighted by atomic mass is 79.9. The molecule has 1 aromatic carbocycles. The number of benzene rings is 1. The summed E-state index contributed by atoms with van der Waals surface area (Å²) in [5.41, 5.74) is 1.76. The summed E-state index contributed by atoms with van der Waals surface area (Å²) in [6, 6.07) is 5.65. The zero-order valence-electron chi connectivity index (χ0n) is 11.9. The third-order valence-corrected chi connectivity index (χ3v) is 4.52. The zero-order valence-corrected chi connectivity index (χ0v) is 13.4. The molecule has 0 spiro atoms. The molecule has 0 saturated carbocycles. The van der Waals surface area contributed by atoms with Crippen LogP contribution in [0.5, 0.6) is 0 Å². The molecule has 1 aromatic rings. The van der Waals surface area contributed by atoms with Gasteiger partial charge in [0.15, 0.2) is 0 Å². The third kappa shape index (κ3) is 3.39. The molecule has 0 atom stereocenters. The van der Waals surface area contributed by atoms with E-state index in [1.165, 1.54) is 0 Å². The van der Waals surface area contributed by atoms with Gasteiger partial charge in [-0.1, -0.05) is 15.9 Å². The molecule has 2 rings (SSSR count). The van der Waals surface area contributed by atoms with Crippen LogP contribution in [-0.4, -0.2) is 47.8 Å². The molecule has 5 heteroatoms. The monoisotopic (exact) mass is 338 g/mol. The minimum atomic E-state index is 0.0472. The first-order valence-corrected chi connectivity index (χ1v) is 7.59. The van der Waals surface area contributed by atoms with Gasteiger partial charge in [-0.3, -0.25) is 9.59 Å². The molecular formula is C15H19BrN2O2. The highest BCUT2D eigenvalue weighted by molar-refractivity contribution is 9.10. The molecule has 1 aliphatic heterocycles. The first-order chi connectivity index (χ1) is 9.49. The van der Waals surface area contributed by atoms with Crippen LogP contribution < -0.4 is 0 Å². The molecule has 108 valence electrons. The van der Waals surface area contributed by atoms with E-state index in [1.54, 1.807) is 11.8 Å². The van der Waals surface area contributed by atoms with Gasteiger partial charge in [-0.2, -0.15) is 0 Å². The normalized spacial score (nSPS) is 15.9. The summed E-state index contributed by atoms with van der Waals surface area (Å²) in [5.74, 6) is 0.129. The van der Waals surface area contributed by atoms with Crippen LogP contribution in [0.15, 0.2) is 22.7 Å². The van der Waals surface area contributed by atoms with Crippen molar-refractivity contribution in [1.82, 2.24) is 9.80 Å². The highest BCUT2D eigenvalue weighted by Gasteiger charge is 2.21. The topological polar surface area (TPSA) is 40.6 Å². The number of carbonyl (C=O) groups excluding carboxylic acids is 2. The zero-order chi connectivity index (χ0) is 14.7. The van der Waals surface area contributed by atoms with Crippen LogP contribution in [0.1, 0.15) is 29.3 Å². The number of hydrogen-bond acceptors (Lipinski definition) is 2. The maximum Gasteiger partial charge on any atom is 0.253 e. The van der Waals surface area contributed by atoms with E-state index in [-0.39, 0.29) is 11.8 Å². The van der Waals surface area contributed by atoms with Crippen molar-refractivity contribution in [3.63, 3.8) is 0 Å². The van der Waals surface area contributed by atoms with Crippen molar-refractivity contribution in [3.8, 4) is 0 Å². The number of aryl methyl sites for hydroxylation is 1. The van der Waals surface area contributed by atoms with Crippen LogP contribution in [0.2, 0.25) is 0 Å². The summed E-state index contributed by atoms with van der Waals surface area (Å²) in [5, 5.41) is 0. The Hall–Kier alpha value is -1.36. The largest absolute Gasteiger partial charge is 0.341 e. The van der Waals surface area contributed by atoms with Gasteiger partial charge in [0.1, 0.15) is 0 Å². The first-order valence-electron chi connectivity index (χ1n) is 6.80. The Morgan fingerprint density at radius 3 is 2.40 bits per heavy atom. The maximum absolute atomic E-state index is 12.5. The van der Waals surface area contributed by atoms with Crippen molar-refractivity contribution in [1.29, 1.82) is 0 Å². The molecule has 0 unspecified atom stereocenters. The SMILES string of the molecule is CC(=O)N1CCCN(C(=O)c2ccc(Br)c(C)c2)CC1. The lowest BCUT2D eigenvalue weighted by Crippen LogP contribution is -2.36. The van der Waals surface area contributed by atoms with Gasteiger partial charge in [-0.05, 0) is 37.1 Å². The lowest BCUT2D eigenvalue weighted by atomic mass is 10.1. The Balaban J connectivity index is 2.09. The fourth-order valence-corrected chi connectivity index (χ4v) is 2.64. The molecule has 0 bridgehead atoms. The minimum Gasteiger partial charge on any atom is -0.341 e. The summed E-state index contributed by atoms with van der Waals surface area (Å²) in [6.45, 7) is 6.22. The van der Waals surface area contributed by atoms with Gasteiger partial charge in [0, 0.05) is 43.1 Å². The summed E-state index contributed by atoms with van der Waals surface area (Å²) in [4.78, 5) is 27.5. The maximum atomic E-state index is 12.5. The standard InChI is InChI=1S/C15H19BrN2O2/c1-11-10-13(4-5-14(11)16)15(20)18-7-3-6-17(8-9-18)12(2)19/h4-5,10H,3,6-9H2,1-2H3. The second-order valence-electron chi connectivity index (χ2n) is 5.12. The van der Waals surface area contributed by atoms with Crippen molar-refractivity contribution in [2.75, 3.05) is 26.2 Å². The number of halogens is 1. The quantitative estimate of drug-likeness (QED) is 0.789. The van der Waals surface area contributed by atoms with Gasteiger partial charge in [0.2, 0.25) is 5.91 Å². The van der Waals surface area contributed by atoms with Crippen LogP contribution in [0.25, 0.3) is 0 Å². The van der Waals surface area contributed by atoms with Gasteiger partial charge >= 0.3 is 0 Å². The lowest BCUT2D eigenvalue weighted by molar-refractivity contribution is -0.128. The Labute approximate surface area is 127 Å². The van der Waals surface area contributed by atoms with E-state index in [4.69, 9.17) is 0 Å². The fourth-order valence-electron chi connectivity index (χ4n) is 2.40. The summed E-state index contributed by atoms with van der Waals surface area (Å²) in [6.07, 6.45) is 0.834. The number of amides is 2. The molecule has 4 nitrogen and oxygen atoms in total. The molecule has 1 saturated heterocycles. The molecule has 1 heterocycles. The van der Waals surface area contributed by atoms with E-state index < -0.39 is 0 Å². The molecule has 1 fully saturated rings. The molecule has 0 aromatic heterocycles. The second-order valence-corrected chi connectivity index (χ2v) is 5.97. The average molecular weight is 339 g/mol. The van der Waals surface area contributed by atoms with Gasteiger partial charge in [0.05, 0.1) is 0 Å². The Bertz CT molecular complexity index is 531. The number of rotatable bonds is 1. The smallest absolute Gasteiger partial charge is 0.253 e. The Morgan fingerprint density at radius 1 is 1.10 bits per heavy atom. The predicted molar refractivity (Wildman–Crippen MR) is 81.7 cm³/mol. The summed E-state index contributed by atoms with van der Waals surface area (Å²) >= 11 is 3.44. The molecule has 0 N–H and O–H groups in total. The first kappa shape index (κ1) is 15.0. The molecular weight excluding hydrogens is 320 g/mol. The van der Waals surface area contributed by atoms with E-state index >= 15 is 0 Å². The van der Waals surface area contributed by atoms with Crippen molar-refractivity contribution < 1.29 is 9.59 Å². The number of hydrogen-bond donors (Lipinski definition) is 0. The van der Waals surface area contributed by atoms with E-state index in [2.05, 4.69) is 15.9 Å². The highest BCUT2D eigenvalue weighted by Crippen LogP contribution is 2.18. The van der Waals surface area contributed by atoms with Gasteiger partial charge in [0.25, 0.3) is 5.91 Å². The van der Waals surface area contributed by atoms with Crippen molar-refractivity contribution in [3.05, 3.63) is 33.8 Å². The van der Waals surface area contributed by atoms with Crippen LogP contribution in [0.4, 0.5) is 0 Å². The third-order valence-electron chi connectivity index (χ3n) is 3.63. The van der Waals surface area contributed by atoms with E-state index in [0.717, 1.165) is 23.0 Å². The van der Waals surface area contributed by atoms with Crippen molar-refractivity contribution in [2.24, 2.45) is 0 Å². The Morgan fingerprint density at radius 2 is 1.75 bits per heavy atom. The molecule has 2 amide bonds. The van der Waals surface area contributed by atoms with Gasteiger partial charge < -0.3 is 9.80 Å².